The Morgan fingerprint density at radius 3 is 2.50 bits per heavy atom. The van der Waals surface area contributed by atoms with Crippen LogP contribution in [0.3, 0.4) is 0 Å². The van der Waals surface area contributed by atoms with Gasteiger partial charge in [-0.1, -0.05) is 37.3 Å². The van der Waals surface area contributed by atoms with Crippen molar-refractivity contribution in [3.63, 3.8) is 0 Å². The minimum Gasteiger partial charge on any atom is -0.351 e. The summed E-state index contributed by atoms with van der Waals surface area (Å²) in [4.78, 5) is 28.8. The Morgan fingerprint density at radius 2 is 1.81 bits per heavy atom. The highest BCUT2D eigenvalue weighted by molar-refractivity contribution is 7.71. The lowest BCUT2D eigenvalue weighted by Crippen LogP contribution is -2.28. The highest BCUT2D eigenvalue weighted by Crippen LogP contribution is 2.19. The van der Waals surface area contributed by atoms with Gasteiger partial charge < -0.3 is 10.3 Å². The van der Waals surface area contributed by atoms with Crippen LogP contribution in [0.15, 0.2) is 77.6 Å². The van der Waals surface area contributed by atoms with Crippen LogP contribution in [0.4, 0.5) is 4.39 Å². The number of benzene rings is 3. The number of aromatic nitrogens is 2. The van der Waals surface area contributed by atoms with Crippen molar-refractivity contribution >= 4 is 29.0 Å². The standard InChI is InChI=1S/C25H22FN3O2S/c1-2-16(17-6-4-3-5-7-17)15-27-23(30)18-8-13-21-22(14-18)28-25(32)29(24(21)31)20-11-9-19(26)10-12-20/h3-14,16H,2,15H2,1H3,(H,27,30)(H,28,32). The first-order chi connectivity index (χ1) is 15.5. The van der Waals surface area contributed by atoms with Gasteiger partial charge in [0.1, 0.15) is 5.82 Å². The van der Waals surface area contributed by atoms with Gasteiger partial charge in [0.2, 0.25) is 0 Å². The van der Waals surface area contributed by atoms with Gasteiger partial charge in [0.15, 0.2) is 4.77 Å². The number of carbonyl (C=O) groups excluding carboxylic acids is 1. The Balaban J connectivity index is 1.60. The molecule has 1 heterocycles. The van der Waals surface area contributed by atoms with E-state index < -0.39 is 5.82 Å². The van der Waals surface area contributed by atoms with Gasteiger partial charge in [-0.3, -0.25) is 14.2 Å². The average molecular weight is 448 g/mol. The molecule has 0 saturated carbocycles. The molecular weight excluding hydrogens is 425 g/mol. The van der Waals surface area contributed by atoms with Gasteiger partial charge >= 0.3 is 0 Å². The summed E-state index contributed by atoms with van der Waals surface area (Å²) in [5.41, 5.74) is 2.22. The van der Waals surface area contributed by atoms with E-state index in [1.54, 1.807) is 18.2 Å². The van der Waals surface area contributed by atoms with Crippen molar-refractivity contribution in [1.29, 1.82) is 0 Å². The van der Waals surface area contributed by atoms with Gasteiger partial charge in [-0.25, -0.2) is 4.39 Å². The van der Waals surface area contributed by atoms with Gasteiger partial charge in [0.25, 0.3) is 11.5 Å². The SMILES string of the molecule is CCC(CNC(=O)c1ccc2c(=O)n(-c3ccc(F)cc3)c(=S)[nH]c2c1)c1ccccc1. The number of halogens is 1. The normalized spacial score (nSPS) is 11.9. The molecule has 0 saturated heterocycles. The van der Waals surface area contributed by atoms with Gasteiger partial charge in [-0.15, -0.1) is 0 Å². The fraction of sp³-hybridized carbons (Fsp3) is 0.160. The molecule has 1 amide bonds. The average Bonchev–Trinajstić information content (AvgIpc) is 2.81. The molecular formula is C25H22FN3O2S. The first-order valence-corrected chi connectivity index (χ1v) is 10.8. The summed E-state index contributed by atoms with van der Waals surface area (Å²) < 4.78 is 14.7. The predicted molar refractivity (Wildman–Crippen MR) is 126 cm³/mol. The van der Waals surface area contributed by atoms with E-state index in [0.29, 0.717) is 28.7 Å². The number of carbonyl (C=O) groups is 1. The molecule has 0 aliphatic heterocycles. The van der Waals surface area contributed by atoms with E-state index in [0.717, 1.165) is 6.42 Å². The van der Waals surface area contributed by atoms with Crippen LogP contribution in [0.1, 0.15) is 35.2 Å². The molecule has 2 N–H and O–H groups in total. The van der Waals surface area contributed by atoms with Crippen LogP contribution in [0.25, 0.3) is 16.6 Å². The third kappa shape index (κ3) is 4.38. The van der Waals surface area contributed by atoms with Gasteiger partial charge in [-0.2, -0.15) is 0 Å². The molecule has 7 heteroatoms. The summed E-state index contributed by atoms with van der Waals surface area (Å²) >= 11 is 5.36. The third-order valence-corrected chi connectivity index (χ3v) is 5.80. The number of rotatable bonds is 6. The van der Waals surface area contributed by atoms with Crippen LogP contribution in [0, 0.1) is 10.6 Å². The third-order valence-electron chi connectivity index (χ3n) is 5.52. The van der Waals surface area contributed by atoms with Crippen molar-refractivity contribution in [1.82, 2.24) is 14.9 Å². The van der Waals surface area contributed by atoms with Crippen LogP contribution in [0.5, 0.6) is 0 Å². The number of hydrogen-bond donors (Lipinski definition) is 2. The molecule has 0 fully saturated rings. The minimum atomic E-state index is -0.397. The highest BCUT2D eigenvalue weighted by atomic mass is 32.1. The number of aromatic amines is 1. The molecule has 5 nitrogen and oxygen atoms in total. The molecule has 1 unspecified atom stereocenters. The van der Waals surface area contributed by atoms with Crippen LogP contribution >= 0.6 is 12.2 Å². The van der Waals surface area contributed by atoms with Gasteiger partial charge in [0.05, 0.1) is 16.6 Å². The van der Waals surface area contributed by atoms with Crippen molar-refractivity contribution in [2.45, 2.75) is 19.3 Å². The fourth-order valence-corrected chi connectivity index (χ4v) is 4.02. The predicted octanol–water partition coefficient (Wildman–Crippen LogP) is 5.11. The Morgan fingerprint density at radius 1 is 1.09 bits per heavy atom. The molecule has 32 heavy (non-hydrogen) atoms. The summed E-state index contributed by atoms with van der Waals surface area (Å²) in [7, 11) is 0. The number of amides is 1. The maximum atomic E-state index is 13.2. The van der Waals surface area contributed by atoms with Crippen molar-refractivity contribution < 1.29 is 9.18 Å². The zero-order valence-corrected chi connectivity index (χ0v) is 18.3. The maximum absolute atomic E-state index is 13.2. The summed E-state index contributed by atoms with van der Waals surface area (Å²) in [6.45, 7) is 2.60. The molecule has 0 aliphatic carbocycles. The van der Waals surface area contributed by atoms with Crippen molar-refractivity contribution in [3.8, 4) is 5.69 Å². The van der Waals surface area contributed by atoms with Crippen LogP contribution < -0.4 is 10.9 Å². The van der Waals surface area contributed by atoms with E-state index in [9.17, 15) is 14.0 Å². The van der Waals surface area contributed by atoms with Crippen LogP contribution in [-0.4, -0.2) is 22.0 Å². The number of fused-ring (bicyclic) bond motifs is 1. The van der Waals surface area contributed by atoms with Crippen molar-refractivity contribution in [2.24, 2.45) is 0 Å². The Labute approximate surface area is 189 Å². The molecule has 4 rings (SSSR count). The smallest absolute Gasteiger partial charge is 0.266 e. The topological polar surface area (TPSA) is 66.9 Å². The van der Waals surface area contributed by atoms with Crippen molar-refractivity contribution in [3.05, 3.63) is 105 Å². The van der Waals surface area contributed by atoms with E-state index >= 15 is 0 Å². The second-order valence-corrected chi connectivity index (χ2v) is 7.92. The second-order valence-electron chi connectivity index (χ2n) is 7.53. The molecule has 1 aromatic heterocycles. The van der Waals surface area contributed by atoms with Gasteiger partial charge in [0, 0.05) is 18.0 Å². The zero-order chi connectivity index (χ0) is 22.7. The molecule has 0 spiro atoms. The molecule has 0 aliphatic rings. The summed E-state index contributed by atoms with van der Waals surface area (Å²) in [6, 6.07) is 20.4. The zero-order valence-electron chi connectivity index (χ0n) is 17.5. The molecule has 3 aromatic carbocycles. The fourth-order valence-electron chi connectivity index (χ4n) is 3.72. The number of hydrogen-bond acceptors (Lipinski definition) is 3. The van der Waals surface area contributed by atoms with E-state index in [-0.39, 0.29) is 22.2 Å². The lowest BCUT2D eigenvalue weighted by molar-refractivity contribution is 0.0951. The molecule has 0 bridgehead atoms. The van der Waals surface area contributed by atoms with E-state index in [4.69, 9.17) is 12.2 Å². The number of nitrogens with zero attached hydrogens (tertiary/aromatic N) is 1. The van der Waals surface area contributed by atoms with E-state index in [2.05, 4.69) is 29.4 Å². The number of H-pyrrole nitrogens is 1. The van der Waals surface area contributed by atoms with Crippen LogP contribution in [0.2, 0.25) is 0 Å². The molecule has 0 radical (unpaired) electrons. The first-order valence-electron chi connectivity index (χ1n) is 10.4. The Kier molecular flexibility index (Phi) is 6.28. The van der Waals surface area contributed by atoms with E-state index in [1.165, 1.54) is 34.4 Å². The lowest BCUT2D eigenvalue weighted by atomic mass is 9.96. The molecule has 4 aromatic rings. The second kappa shape index (κ2) is 9.28. The van der Waals surface area contributed by atoms with Crippen molar-refractivity contribution in [2.75, 3.05) is 6.54 Å². The summed E-state index contributed by atoms with van der Waals surface area (Å²) in [6.07, 6.45) is 0.901. The molecule has 1 atom stereocenters. The van der Waals surface area contributed by atoms with E-state index in [1.807, 2.05) is 18.2 Å². The number of nitrogens with one attached hydrogen (secondary N) is 2. The largest absolute Gasteiger partial charge is 0.351 e. The Hall–Kier alpha value is -3.58. The van der Waals surface area contributed by atoms with Gasteiger partial charge in [-0.05, 0) is 66.7 Å². The van der Waals surface area contributed by atoms with Crippen LogP contribution in [-0.2, 0) is 0 Å². The molecule has 162 valence electrons. The summed E-state index contributed by atoms with van der Waals surface area (Å²) in [5.74, 6) is -0.400. The summed E-state index contributed by atoms with van der Waals surface area (Å²) in [5, 5.41) is 3.37. The monoisotopic (exact) mass is 447 g/mol. The minimum absolute atomic E-state index is 0.168. The Bertz CT molecular complexity index is 1380. The maximum Gasteiger partial charge on any atom is 0.266 e. The quantitative estimate of drug-likeness (QED) is 0.404. The first kappa shape index (κ1) is 21.6. The lowest BCUT2D eigenvalue weighted by Gasteiger charge is -2.16. The highest BCUT2D eigenvalue weighted by Gasteiger charge is 2.14.